The number of nitrogens with zero attached hydrogens (tertiary/aromatic N) is 1. The highest BCUT2D eigenvalue weighted by Crippen LogP contribution is 2.32. The number of hydrogen-bond acceptors (Lipinski definition) is 4. The Morgan fingerprint density at radius 2 is 2.38 bits per heavy atom. The number of thiophene rings is 1. The Labute approximate surface area is 87.2 Å². The summed E-state index contributed by atoms with van der Waals surface area (Å²) in [5, 5.41) is 8.95. The molecule has 0 aliphatic rings. The third-order valence-electron chi connectivity index (χ3n) is 1.59. The zero-order valence-electron chi connectivity index (χ0n) is 6.53. The van der Waals surface area contributed by atoms with Crippen molar-refractivity contribution in [3.8, 4) is 10.6 Å². The standard InChI is InChI=1S/C8H6BrNO2S/c9-7-2-1-6(13-7)8-5(3-11)10-4-12-8/h1-2,4,11H,3H2. The van der Waals surface area contributed by atoms with Crippen LogP contribution in [-0.2, 0) is 6.61 Å². The number of aromatic nitrogens is 1. The smallest absolute Gasteiger partial charge is 0.181 e. The van der Waals surface area contributed by atoms with Gasteiger partial charge in [0.1, 0.15) is 5.69 Å². The highest BCUT2D eigenvalue weighted by atomic mass is 79.9. The molecule has 3 nitrogen and oxygen atoms in total. The van der Waals surface area contributed by atoms with Gasteiger partial charge in [-0.25, -0.2) is 4.98 Å². The van der Waals surface area contributed by atoms with Crippen LogP contribution in [0.2, 0.25) is 0 Å². The first-order chi connectivity index (χ1) is 6.31. The molecule has 0 radical (unpaired) electrons. The summed E-state index contributed by atoms with van der Waals surface area (Å²) in [6.07, 6.45) is 1.34. The van der Waals surface area contributed by atoms with Crippen molar-refractivity contribution >= 4 is 27.3 Å². The largest absolute Gasteiger partial charge is 0.442 e. The van der Waals surface area contributed by atoms with Crippen molar-refractivity contribution < 1.29 is 9.52 Å². The van der Waals surface area contributed by atoms with E-state index in [4.69, 9.17) is 9.52 Å². The van der Waals surface area contributed by atoms with E-state index in [-0.39, 0.29) is 6.61 Å². The molecule has 0 aliphatic carbocycles. The van der Waals surface area contributed by atoms with E-state index in [0.717, 1.165) is 8.66 Å². The molecule has 0 saturated heterocycles. The summed E-state index contributed by atoms with van der Waals surface area (Å²) >= 11 is 4.90. The van der Waals surface area contributed by atoms with Gasteiger partial charge >= 0.3 is 0 Å². The van der Waals surface area contributed by atoms with Crippen molar-refractivity contribution in [2.24, 2.45) is 0 Å². The first kappa shape index (κ1) is 8.93. The lowest BCUT2D eigenvalue weighted by atomic mass is 10.3. The monoisotopic (exact) mass is 259 g/mol. The number of aliphatic hydroxyl groups excluding tert-OH is 1. The predicted molar refractivity (Wildman–Crippen MR) is 53.4 cm³/mol. The van der Waals surface area contributed by atoms with E-state index in [1.54, 1.807) is 11.3 Å². The van der Waals surface area contributed by atoms with Gasteiger partial charge in [0.2, 0.25) is 0 Å². The third-order valence-corrected chi connectivity index (χ3v) is 3.21. The molecule has 1 N–H and O–H groups in total. The topological polar surface area (TPSA) is 46.3 Å². The summed E-state index contributed by atoms with van der Waals surface area (Å²) in [4.78, 5) is 4.86. The molecule has 2 aromatic rings. The second-order valence-corrected chi connectivity index (χ2v) is 4.85. The van der Waals surface area contributed by atoms with Gasteiger partial charge in [0.25, 0.3) is 0 Å². The van der Waals surface area contributed by atoms with Gasteiger partial charge in [-0.1, -0.05) is 0 Å². The van der Waals surface area contributed by atoms with Crippen LogP contribution in [0.5, 0.6) is 0 Å². The fourth-order valence-corrected chi connectivity index (χ4v) is 2.41. The lowest BCUT2D eigenvalue weighted by molar-refractivity contribution is 0.277. The quantitative estimate of drug-likeness (QED) is 0.902. The molecule has 0 aliphatic heterocycles. The molecular formula is C8H6BrNO2S. The lowest BCUT2D eigenvalue weighted by Crippen LogP contribution is -1.84. The van der Waals surface area contributed by atoms with Crippen molar-refractivity contribution in [3.63, 3.8) is 0 Å². The molecule has 2 aromatic heterocycles. The van der Waals surface area contributed by atoms with Crippen LogP contribution in [0.15, 0.2) is 26.7 Å². The lowest BCUT2D eigenvalue weighted by Gasteiger charge is -1.92. The van der Waals surface area contributed by atoms with Gasteiger partial charge in [-0.2, -0.15) is 0 Å². The molecule has 0 aromatic carbocycles. The van der Waals surface area contributed by atoms with Gasteiger partial charge in [-0.15, -0.1) is 11.3 Å². The number of aliphatic hydroxyl groups is 1. The Morgan fingerprint density at radius 1 is 1.54 bits per heavy atom. The molecule has 13 heavy (non-hydrogen) atoms. The molecule has 0 bridgehead atoms. The summed E-state index contributed by atoms with van der Waals surface area (Å²) in [6.45, 7) is -0.0959. The third kappa shape index (κ3) is 1.67. The number of oxazole rings is 1. The van der Waals surface area contributed by atoms with Gasteiger partial charge in [0, 0.05) is 0 Å². The molecule has 0 fully saturated rings. The van der Waals surface area contributed by atoms with Gasteiger partial charge in [-0.3, -0.25) is 0 Å². The van der Waals surface area contributed by atoms with Crippen molar-refractivity contribution in [3.05, 3.63) is 28.0 Å². The van der Waals surface area contributed by atoms with Gasteiger partial charge in [0.15, 0.2) is 12.2 Å². The Balaban J connectivity index is 2.45. The Kier molecular flexibility index (Phi) is 2.48. The fraction of sp³-hybridized carbons (Fsp3) is 0.125. The van der Waals surface area contributed by atoms with Crippen molar-refractivity contribution in [1.29, 1.82) is 0 Å². The average Bonchev–Trinajstić information content (AvgIpc) is 2.71. The summed E-state index contributed by atoms with van der Waals surface area (Å²) < 4.78 is 6.20. The average molecular weight is 260 g/mol. The number of hydrogen-bond donors (Lipinski definition) is 1. The molecule has 0 saturated carbocycles. The van der Waals surface area contributed by atoms with Crippen LogP contribution in [0.3, 0.4) is 0 Å². The highest BCUT2D eigenvalue weighted by molar-refractivity contribution is 9.11. The molecule has 2 heterocycles. The second-order valence-electron chi connectivity index (χ2n) is 2.39. The SMILES string of the molecule is OCc1ncoc1-c1ccc(Br)s1. The molecule has 0 unspecified atom stereocenters. The van der Waals surface area contributed by atoms with E-state index in [1.165, 1.54) is 6.39 Å². The van der Waals surface area contributed by atoms with Crippen LogP contribution in [0.4, 0.5) is 0 Å². The first-order valence-corrected chi connectivity index (χ1v) is 5.21. The minimum atomic E-state index is -0.0959. The molecule has 2 rings (SSSR count). The predicted octanol–water partition coefficient (Wildman–Crippen LogP) is 2.66. The van der Waals surface area contributed by atoms with Gasteiger partial charge < -0.3 is 9.52 Å². The Bertz CT molecular complexity index is 410. The van der Waals surface area contributed by atoms with Crippen LogP contribution in [0.1, 0.15) is 5.69 Å². The number of rotatable bonds is 2. The fourth-order valence-electron chi connectivity index (χ4n) is 1.02. The van der Waals surface area contributed by atoms with E-state index < -0.39 is 0 Å². The van der Waals surface area contributed by atoms with Crippen molar-refractivity contribution in [1.82, 2.24) is 4.98 Å². The molecule has 0 amide bonds. The van der Waals surface area contributed by atoms with Crippen LogP contribution in [0, 0.1) is 0 Å². The zero-order valence-corrected chi connectivity index (χ0v) is 8.93. The summed E-state index contributed by atoms with van der Waals surface area (Å²) in [7, 11) is 0. The highest BCUT2D eigenvalue weighted by Gasteiger charge is 2.11. The maximum atomic E-state index is 8.95. The molecule has 0 atom stereocenters. The van der Waals surface area contributed by atoms with Crippen LogP contribution < -0.4 is 0 Å². The Hall–Kier alpha value is -0.650. The van der Waals surface area contributed by atoms with E-state index in [1.807, 2.05) is 12.1 Å². The second kappa shape index (κ2) is 3.61. The van der Waals surface area contributed by atoms with E-state index in [9.17, 15) is 0 Å². The van der Waals surface area contributed by atoms with Gasteiger partial charge in [0.05, 0.1) is 15.3 Å². The zero-order chi connectivity index (χ0) is 9.26. The van der Waals surface area contributed by atoms with Gasteiger partial charge in [-0.05, 0) is 28.1 Å². The van der Waals surface area contributed by atoms with Crippen LogP contribution >= 0.6 is 27.3 Å². The number of halogens is 1. The van der Waals surface area contributed by atoms with E-state index in [2.05, 4.69) is 20.9 Å². The van der Waals surface area contributed by atoms with Crippen molar-refractivity contribution in [2.45, 2.75) is 6.61 Å². The molecule has 0 spiro atoms. The molecule has 68 valence electrons. The Morgan fingerprint density at radius 3 is 3.00 bits per heavy atom. The van der Waals surface area contributed by atoms with Crippen LogP contribution in [-0.4, -0.2) is 10.1 Å². The summed E-state index contributed by atoms with van der Waals surface area (Å²) in [5.74, 6) is 0.651. The summed E-state index contributed by atoms with van der Waals surface area (Å²) in [6, 6.07) is 3.86. The maximum Gasteiger partial charge on any atom is 0.181 e. The molecular weight excluding hydrogens is 254 g/mol. The van der Waals surface area contributed by atoms with Crippen molar-refractivity contribution in [2.75, 3.05) is 0 Å². The normalized spacial score (nSPS) is 10.6. The maximum absolute atomic E-state index is 8.95. The molecule has 5 heteroatoms. The minimum Gasteiger partial charge on any atom is -0.442 e. The minimum absolute atomic E-state index is 0.0959. The van der Waals surface area contributed by atoms with E-state index >= 15 is 0 Å². The first-order valence-electron chi connectivity index (χ1n) is 3.60. The van der Waals surface area contributed by atoms with Crippen LogP contribution in [0.25, 0.3) is 10.6 Å². The van der Waals surface area contributed by atoms with E-state index in [0.29, 0.717) is 11.5 Å². The summed E-state index contributed by atoms with van der Waals surface area (Å²) in [5.41, 5.74) is 0.578.